The number of ether oxygens (including phenoxy) is 1. The van der Waals surface area contributed by atoms with E-state index in [0.29, 0.717) is 24.2 Å². The second-order valence-corrected chi connectivity index (χ2v) is 19.4. The van der Waals surface area contributed by atoms with Crippen molar-refractivity contribution >= 4 is 33.1 Å². The van der Waals surface area contributed by atoms with Crippen molar-refractivity contribution in [1.82, 2.24) is 0 Å². The first-order chi connectivity index (χ1) is 21.0. The number of Topliss-reactive ketones (excluding diaryl/α,β-unsaturated/α-hetero) is 1. The number of anilines is 1. The Bertz CT molecular complexity index is 1320. The number of carbonyl (C=O) groups excluding carboxylic acids is 1. The Hall–Kier alpha value is -0.730. The van der Waals surface area contributed by atoms with E-state index in [4.69, 9.17) is 4.74 Å². The van der Waals surface area contributed by atoms with Gasteiger partial charge >= 0.3 is 0 Å². The maximum atomic E-state index is 13.7. The maximum absolute atomic E-state index is 13.7. The summed E-state index contributed by atoms with van der Waals surface area (Å²) in [5.74, 6) is 2.79. The van der Waals surface area contributed by atoms with Gasteiger partial charge in [0.2, 0.25) is 0 Å². The Kier molecular flexibility index (Phi) is 7.22. The van der Waals surface area contributed by atoms with Gasteiger partial charge in [0, 0.05) is 35.1 Å². The van der Waals surface area contributed by atoms with E-state index in [2.05, 4.69) is 54.2 Å². The largest absolute Gasteiger partial charge is 0.391 e. The third-order valence-corrected chi connectivity index (χ3v) is 18.9. The number of aliphatic hydroxyl groups excluding tert-OH is 1. The number of rotatable bonds is 2. The first-order valence-electron chi connectivity index (χ1n) is 17.6. The minimum Gasteiger partial charge on any atom is -0.391 e. The Morgan fingerprint density at radius 2 is 1.84 bits per heavy atom. The molecule has 242 valence electrons. The van der Waals surface area contributed by atoms with Gasteiger partial charge < -0.3 is 20.3 Å². The van der Waals surface area contributed by atoms with E-state index in [1.807, 2.05) is 17.7 Å². The Morgan fingerprint density at radius 3 is 2.59 bits per heavy atom. The smallest absolute Gasteiger partial charge is 0.141 e. The number of nitrogens with one attached hydrogen (secondary N) is 1. The number of ketones is 1. The number of methoxy groups -OCH3 is 1. The molecule has 7 aliphatic rings. The molecule has 1 aliphatic heterocycles. The van der Waals surface area contributed by atoms with Gasteiger partial charge in [0.05, 0.1) is 24.2 Å². The molecule has 44 heavy (non-hydrogen) atoms. The topological polar surface area (TPSA) is 78.8 Å². The van der Waals surface area contributed by atoms with Crippen LogP contribution in [0.25, 0.3) is 0 Å². The third-order valence-electron chi connectivity index (χ3n) is 15.5. The molecule has 12 atom stereocenters. The lowest BCUT2D eigenvalue weighted by Gasteiger charge is -2.62. The molecule has 5 nitrogen and oxygen atoms in total. The van der Waals surface area contributed by atoms with Crippen LogP contribution in [0.2, 0.25) is 0 Å². The van der Waals surface area contributed by atoms with Crippen LogP contribution in [0.1, 0.15) is 97.0 Å². The highest BCUT2D eigenvalue weighted by Crippen LogP contribution is 2.87. The lowest BCUT2D eigenvalue weighted by Crippen LogP contribution is -2.63. The van der Waals surface area contributed by atoms with E-state index in [1.165, 1.54) is 63.4 Å². The van der Waals surface area contributed by atoms with Gasteiger partial charge in [-0.15, -0.1) is 0 Å². The van der Waals surface area contributed by atoms with Crippen LogP contribution >= 0.6 is 21.6 Å². The first-order valence-corrected chi connectivity index (χ1v) is 20.0. The zero-order chi connectivity index (χ0) is 30.7. The van der Waals surface area contributed by atoms with Crippen molar-refractivity contribution in [1.29, 1.82) is 0 Å². The highest BCUT2D eigenvalue weighted by Gasteiger charge is 2.88. The fourth-order valence-electron chi connectivity index (χ4n) is 13.5. The minimum absolute atomic E-state index is 0.0169. The molecule has 1 aromatic carbocycles. The Morgan fingerprint density at radius 1 is 1.05 bits per heavy atom. The molecule has 12 unspecified atom stereocenters. The summed E-state index contributed by atoms with van der Waals surface area (Å²) < 4.78 is 6.23. The quantitative estimate of drug-likeness (QED) is 0.293. The molecular weight excluding hydrogens is 587 g/mol. The van der Waals surface area contributed by atoms with Gasteiger partial charge in [0.15, 0.2) is 0 Å². The average Bonchev–Trinajstić information content (AvgIpc) is 3.60. The summed E-state index contributed by atoms with van der Waals surface area (Å²) in [6.07, 6.45) is 13.1. The van der Waals surface area contributed by atoms with Crippen molar-refractivity contribution in [3.8, 4) is 0 Å². The van der Waals surface area contributed by atoms with Crippen molar-refractivity contribution in [2.24, 2.45) is 45.8 Å². The monoisotopic (exact) mass is 639 g/mol. The average molecular weight is 640 g/mol. The number of hydrogen-bond donors (Lipinski definition) is 3. The van der Waals surface area contributed by atoms with Crippen LogP contribution in [0.4, 0.5) is 5.69 Å². The molecule has 0 radical (unpaired) electrons. The van der Waals surface area contributed by atoms with Crippen molar-refractivity contribution in [3.63, 3.8) is 0 Å². The van der Waals surface area contributed by atoms with Crippen LogP contribution in [0.3, 0.4) is 0 Å². The van der Waals surface area contributed by atoms with Crippen LogP contribution in [0, 0.1) is 45.8 Å². The summed E-state index contributed by atoms with van der Waals surface area (Å²) in [6.45, 7) is 6.87. The van der Waals surface area contributed by atoms with Crippen molar-refractivity contribution in [3.05, 3.63) is 29.8 Å². The highest BCUT2D eigenvalue weighted by molar-refractivity contribution is 8.77. The molecule has 0 amide bonds. The van der Waals surface area contributed by atoms with Gasteiger partial charge in [-0.3, -0.25) is 4.79 Å². The molecule has 6 saturated carbocycles. The van der Waals surface area contributed by atoms with Gasteiger partial charge in [-0.05, 0) is 110 Å². The molecule has 1 aromatic rings. The maximum Gasteiger partial charge on any atom is 0.141 e. The first kappa shape index (κ1) is 30.6. The number of aliphatic hydroxyl groups is 2. The Labute approximate surface area is 272 Å². The molecule has 7 heteroatoms. The summed E-state index contributed by atoms with van der Waals surface area (Å²) in [5.41, 5.74) is 1.21. The van der Waals surface area contributed by atoms with Crippen molar-refractivity contribution in [2.45, 2.75) is 126 Å². The van der Waals surface area contributed by atoms with E-state index in [-0.39, 0.29) is 50.8 Å². The third kappa shape index (κ3) is 3.77. The van der Waals surface area contributed by atoms with Gasteiger partial charge in [-0.25, -0.2) is 0 Å². The molecule has 1 heterocycles. The molecule has 0 aromatic heterocycles. The molecule has 3 N–H and O–H groups in total. The van der Waals surface area contributed by atoms with E-state index in [9.17, 15) is 15.0 Å². The molecule has 2 spiro atoms. The van der Waals surface area contributed by atoms with Gasteiger partial charge in [-0.2, -0.15) is 0 Å². The zero-order valence-electron chi connectivity index (χ0n) is 27.1. The number of carbonyl (C=O) groups is 1. The second-order valence-electron chi connectivity index (χ2n) is 16.6. The molecule has 6 fully saturated rings. The fraction of sp³-hybridized carbons (Fsp3) is 0.811. The SMILES string of the molecule is COC1CC(=O)C2C3CC4CCC5(CC6Cc7cccc(c7)NC(C(C)O)CSSC7(CCCCC7)C6C5)C3(C)C4(C)C12O. The predicted molar refractivity (Wildman–Crippen MR) is 180 cm³/mol. The van der Waals surface area contributed by atoms with E-state index < -0.39 is 11.7 Å². The van der Waals surface area contributed by atoms with Crippen LogP contribution in [0.5, 0.6) is 0 Å². The van der Waals surface area contributed by atoms with E-state index >= 15 is 0 Å². The summed E-state index contributed by atoms with van der Waals surface area (Å²) in [6, 6.07) is 9.03. The fourth-order valence-corrected chi connectivity index (χ4v) is 17.4. The Balaban J connectivity index is 1.23. The van der Waals surface area contributed by atoms with Crippen LogP contribution < -0.4 is 5.32 Å². The van der Waals surface area contributed by atoms with Crippen molar-refractivity contribution < 1.29 is 19.7 Å². The minimum atomic E-state index is -1.05. The molecule has 6 bridgehead atoms. The van der Waals surface area contributed by atoms with Gasteiger partial charge in [-0.1, -0.05) is 66.8 Å². The van der Waals surface area contributed by atoms with Gasteiger partial charge in [0.1, 0.15) is 11.4 Å². The molecule has 8 rings (SSSR count). The molecular formula is C37H53NO4S2. The van der Waals surface area contributed by atoms with E-state index in [0.717, 1.165) is 24.3 Å². The van der Waals surface area contributed by atoms with Gasteiger partial charge in [0.25, 0.3) is 0 Å². The predicted octanol–water partition coefficient (Wildman–Crippen LogP) is 7.29. The lowest BCUT2D eigenvalue weighted by molar-refractivity contribution is -0.222. The standard InChI is InChI=1S/C37H53NO4S2/c1-22(39)29-21-43-44-36(12-6-5-7-13-36)28-20-35(19-24(28)15-23-9-8-10-26(16-23)38-29)14-11-25-17-27-32-30(40)18-31(42-4)37(32,41)33(25,2)34(27,35)3/h8-10,16,22,24-25,27-29,31-32,38-39,41H,5-7,11-15,17-21H2,1-4H3. The van der Waals surface area contributed by atoms with Crippen LogP contribution in [-0.2, 0) is 16.0 Å². The van der Waals surface area contributed by atoms with Crippen molar-refractivity contribution in [2.75, 3.05) is 18.2 Å². The zero-order valence-corrected chi connectivity index (χ0v) is 28.8. The highest BCUT2D eigenvalue weighted by atomic mass is 33.1. The summed E-state index contributed by atoms with van der Waals surface area (Å²) in [7, 11) is 5.88. The molecule has 6 aliphatic carbocycles. The normalized spacial score (nSPS) is 49.7. The summed E-state index contributed by atoms with van der Waals surface area (Å²) >= 11 is 0. The summed E-state index contributed by atoms with van der Waals surface area (Å²) in [4.78, 5) is 13.7. The summed E-state index contributed by atoms with van der Waals surface area (Å²) in [5, 5.41) is 27.2. The number of benzene rings is 1. The van der Waals surface area contributed by atoms with Crippen LogP contribution in [0.15, 0.2) is 24.3 Å². The van der Waals surface area contributed by atoms with Crippen LogP contribution in [-0.4, -0.2) is 57.5 Å². The van der Waals surface area contributed by atoms with E-state index in [1.54, 1.807) is 7.11 Å². The second kappa shape index (κ2) is 10.4. The number of hydrogen-bond acceptors (Lipinski definition) is 7. The molecule has 0 saturated heterocycles. The lowest BCUT2D eigenvalue weighted by atomic mass is 9.44. The number of fused-ring (bicyclic) bond motifs is 6.